The molecule has 0 N–H and O–H groups in total. The number of hydrogen-bond donors (Lipinski definition) is 0. The molecule has 4 nitrogen and oxygen atoms in total. The molecule has 10 aromatic carbocycles. The first-order chi connectivity index (χ1) is 32.6. The van der Waals surface area contributed by atoms with Crippen molar-refractivity contribution in [1.29, 1.82) is 0 Å². The Morgan fingerprint density at radius 3 is 1.06 bits per heavy atom. The SMILES string of the molecule is Brc1c(Oc2cccc(-c3ccccc3)c2)cccc1Oc1cccc(-c2ccccc2)c1.C.c1ccc(-c2ccc3c(c2)Oc2cccc4c2B3c2ccc(-c3ccccc3)cc2O4)cc1. The molecule has 0 fully saturated rings. The molecule has 0 aliphatic carbocycles. The van der Waals surface area contributed by atoms with E-state index in [-0.39, 0.29) is 14.1 Å². The first-order valence-corrected chi connectivity index (χ1v) is 22.7. The van der Waals surface area contributed by atoms with E-state index < -0.39 is 0 Å². The second kappa shape index (κ2) is 19.2. The van der Waals surface area contributed by atoms with E-state index in [0.29, 0.717) is 11.5 Å². The maximum atomic E-state index is 6.41. The van der Waals surface area contributed by atoms with Crippen LogP contribution in [0.3, 0.4) is 0 Å². The molecule has 322 valence electrons. The minimum absolute atomic E-state index is 0. The molecule has 0 unspecified atom stereocenters. The summed E-state index contributed by atoms with van der Waals surface area (Å²) in [6.07, 6.45) is 0. The van der Waals surface area contributed by atoms with Gasteiger partial charge in [0.25, 0.3) is 6.71 Å². The van der Waals surface area contributed by atoms with Crippen LogP contribution in [0.4, 0.5) is 0 Å². The molecule has 10 aromatic rings. The second-order valence-electron chi connectivity index (χ2n) is 16.1. The molecule has 2 aliphatic heterocycles. The van der Waals surface area contributed by atoms with Crippen molar-refractivity contribution in [3.8, 4) is 90.5 Å². The van der Waals surface area contributed by atoms with Crippen molar-refractivity contribution in [2.75, 3.05) is 0 Å². The summed E-state index contributed by atoms with van der Waals surface area (Å²) in [6, 6.07) is 82.5. The number of fused-ring (bicyclic) bond motifs is 4. The Labute approximate surface area is 400 Å². The van der Waals surface area contributed by atoms with E-state index in [1.807, 2.05) is 121 Å². The van der Waals surface area contributed by atoms with Gasteiger partial charge in [-0.1, -0.05) is 189 Å². The Morgan fingerprint density at radius 2 is 0.657 bits per heavy atom. The number of benzene rings is 10. The lowest BCUT2D eigenvalue weighted by molar-refractivity contribution is 0.455. The fraction of sp³-hybridized carbons (Fsp3) is 0.0164. The summed E-state index contributed by atoms with van der Waals surface area (Å²) in [7, 11) is 0. The van der Waals surface area contributed by atoms with E-state index in [1.54, 1.807) is 0 Å². The lowest BCUT2D eigenvalue weighted by Gasteiger charge is -2.33. The molecule has 2 aliphatic rings. The van der Waals surface area contributed by atoms with Gasteiger partial charge in [-0.25, -0.2) is 0 Å². The number of ether oxygens (including phenoxy) is 4. The van der Waals surface area contributed by atoms with E-state index in [2.05, 4.69) is 137 Å². The second-order valence-corrected chi connectivity index (χ2v) is 16.9. The fourth-order valence-electron chi connectivity index (χ4n) is 8.69. The van der Waals surface area contributed by atoms with Crippen LogP contribution in [-0.4, -0.2) is 6.71 Å². The van der Waals surface area contributed by atoms with Gasteiger partial charge >= 0.3 is 0 Å². The Hall–Kier alpha value is -8.06. The molecule has 0 amide bonds. The molecule has 0 atom stereocenters. The zero-order valence-electron chi connectivity index (χ0n) is 35.7. The van der Waals surface area contributed by atoms with E-state index in [1.165, 1.54) is 22.1 Å². The number of halogens is 1. The van der Waals surface area contributed by atoms with Gasteiger partial charge in [0, 0.05) is 5.46 Å². The van der Waals surface area contributed by atoms with Crippen molar-refractivity contribution >= 4 is 39.0 Å². The van der Waals surface area contributed by atoms with Crippen LogP contribution in [-0.2, 0) is 0 Å². The first kappa shape index (κ1) is 42.9. The molecule has 0 bridgehead atoms. The van der Waals surface area contributed by atoms with Crippen LogP contribution in [0, 0.1) is 0 Å². The van der Waals surface area contributed by atoms with Crippen LogP contribution in [0.5, 0.6) is 46.0 Å². The van der Waals surface area contributed by atoms with Crippen molar-refractivity contribution in [3.05, 3.63) is 247 Å². The van der Waals surface area contributed by atoms with Crippen molar-refractivity contribution in [3.63, 3.8) is 0 Å². The van der Waals surface area contributed by atoms with Crippen molar-refractivity contribution in [2.45, 2.75) is 7.43 Å². The van der Waals surface area contributed by atoms with Gasteiger partial charge in [0.1, 0.15) is 50.5 Å². The smallest absolute Gasteiger partial charge is 0.260 e. The van der Waals surface area contributed by atoms with Gasteiger partial charge in [0.15, 0.2) is 0 Å². The third-order valence-electron chi connectivity index (χ3n) is 11.9. The number of hydrogen-bond acceptors (Lipinski definition) is 4. The summed E-state index contributed by atoms with van der Waals surface area (Å²) in [5, 5.41) is 0. The minimum atomic E-state index is 0. The largest absolute Gasteiger partial charge is 0.458 e. The zero-order chi connectivity index (χ0) is 44.2. The Balaban J connectivity index is 0.000000154. The van der Waals surface area contributed by atoms with E-state index in [0.717, 1.165) is 77.8 Å². The maximum Gasteiger partial charge on any atom is 0.260 e. The summed E-state index contributed by atoms with van der Waals surface area (Å²) in [5.74, 6) is 6.47. The topological polar surface area (TPSA) is 36.9 Å². The van der Waals surface area contributed by atoms with Gasteiger partial charge in [-0.05, 0) is 132 Å². The Morgan fingerprint density at radius 1 is 0.313 bits per heavy atom. The number of rotatable bonds is 8. The Kier molecular flexibility index (Phi) is 12.3. The molecule has 67 heavy (non-hydrogen) atoms. The summed E-state index contributed by atoms with van der Waals surface area (Å²) in [5.41, 5.74) is 12.6. The predicted octanol–water partition coefficient (Wildman–Crippen LogP) is 15.8. The summed E-state index contributed by atoms with van der Waals surface area (Å²) in [6.45, 7) is 0.0818. The first-order valence-electron chi connectivity index (χ1n) is 21.9. The fourth-order valence-corrected chi connectivity index (χ4v) is 9.11. The van der Waals surface area contributed by atoms with Crippen molar-refractivity contribution in [2.24, 2.45) is 0 Å². The van der Waals surface area contributed by atoms with E-state index in [9.17, 15) is 0 Å². The molecular weight excluding hydrogens is 887 g/mol. The lowest BCUT2D eigenvalue weighted by Crippen LogP contribution is -2.57. The third kappa shape index (κ3) is 9.00. The van der Waals surface area contributed by atoms with Crippen molar-refractivity contribution < 1.29 is 18.9 Å². The average Bonchev–Trinajstić information content (AvgIpc) is 3.38. The average molecular weight is 932 g/mol. The molecule has 0 aromatic heterocycles. The summed E-state index contributed by atoms with van der Waals surface area (Å²) >= 11 is 3.67. The van der Waals surface area contributed by atoms with Crippen LogP contribution < -0.4 is 35.3 Å². The van der Waals surface area contributed by atoms with E-state index >= 15 is 0 Å². The van der Waals surface area contributed by atoms with Gasteiger partial charge in [-0.3, -0.25) is 0 Å². The molecule has 0 spiro atoms. The zero-order valence-corrected chi connectivity index (χ0v) is 37.3. The van der Waals surface area contributed by atoms with Gasteiger partial charge in [0.2, 0.25) is 0 Å². The van der Waals surface area contributed by atoms with Gasteiger partial charge in [0.05, 0.1) is 0 Å². The van der Waals surface area contributed by atoms with Crippen LogP contribution in [0.1, 0.15) is 7.43 Å². The minimum Gasteiger partial charge on any atom is -0.458 e. The normalized spacial score (nSPS) is 11.4. The van der Waals surface area contributed by atoms with Gasteiger partial charge in [-0.2, -0.15) is 0 Å². The molecule has 6 heteroatoms. The highest BCUT2D eigenvalue weighted by molar-refractivity contribution is 9.10. The van der Waals surface area contributed by atoms with Crippen molar-refractivity contribution in [1.82, 2.24) is 0 Å². The molecular formula is C61H44BBrO4. The summed E-state index contributed by atoms with van der Waals surface area (Å²) < 4.78 is 26.0. The third-order valence-corrected chi connectivity index (χ3v) is 12.7. The molecule has 2 heterocycles. The predicted molar refractivity (Wildman–Crippen MR) is 280 cm³/mol. The highest BCUT2D eigenvalue weighted by atomic mass is 79.9. The maximum absolute atomic E-state index is 6.41. The molecule has 0 radical (unpaired) electrons. The molecule has 0 saturated heterocycles. The van der Waals surface area contributed by atoms with Crippen LogP contribution in [0.25, 0.3) is 44.5 Å². The highest BCUT2D eigenvalue weighted by Gasteiger charge is 2.40. The van der Waals surface area contributed by atoms with Crippen LogP contribution in [0.2, 0.25) is 0 Å². The van der Waals surface area contributed by atoms with Crippen LogP contribution in [0.15, 0.2) is 247 Å². The molecule has 12 rings (SSSR count). The standard InChI is InChI=1S/C30H19BO2.C30H21BrO2.CH4/c1-3-8-20(9-4-1)22-14-16-24-28(18-22)32-26-12-7-13-27-30(26)31(24)25-17-15-23(19-29(25)33-27)21-10-5-2-6-11-21;31-30-28(32-26-16-7-14-24(20-26)22-10-3-1-4-11-22)18-9-19-29(30)33-27-17-8-15-25(21-27)23-12-5-2-6-13-23;/h1-19H;1-21H;1H4. The van der Waals surface area contributed by atoms with E-state index in [4.69, 9.17) is 18.9 Å². The lowest BCUT2D eigenvalue weighted by atomic mass is 9.35. The van der Waals surface area contributed by atoms with Gasteiger partial charge in [-0.15, -0.1) is 0 Å². The molecule has 0 saturated carbocycles. The highest BCUT2D eigenvalue weighted by Crippen LogP contribution is 2.41. The quantitative estimate of drug-likeness (QED) is 0.142. The Bertz CT molecular complexity index is 3110. The monoisotopic (exact) mass is 930 g/mol. The van der Waals surface area contributed by atoms with Crippen LogP contribution >= 0.6 is 15.9 Å². The van der Waals surface area contributed by atoms with Gasteiger partial charge < -0.3 is 18.9 Å². The summed E-state index contributed by atoms with van der Waals surface area (Å²) in [4.78, 5) is 0.